The van der Waals surface area contributed by atoms with Crippen LogP contribution in [0.4, 0.5) is 4.39 Å². The molecule has 5 heteroatoms. The topological polar surface area (TPSA) is 40.6 Å². The molecule has 2 rings (SSSR count). The van der Waals surface area contributed by atoms with Crippen LogP contribution in [0.5, 0.6) is 0 Å². The quantitative estimate of drug-likeness (QED) is 0.846. The number of likely N-dealkylation sites (N-methyl/N-ethyl adjacent to an activating group) is 1. The molecule has 108 valence electrons. The molecule has 0 bridgehead atoms. The number of carbonyl (C=O) groups is 2. The lowest BCUT2D eigenvalue weighted by Gasteiger charge is -2.21. The van der Waals surface area contributed by atoms with Crippen molar-refractivity contribution >= 4 is 11.8 Å². The Morgan fingerprint density at radius 2 is 1.95 bits per heavy atom. The third-order valence-electron chi connectivity index (χ3n) is 3.53. The van der Waals surface area contributed by atoms with Crippen molar-refractivity contribution in [1.29, 1.82) is 0 Å². The monoisotopic (exact) mass is 278 g/mol. The molecule has 2 amide bonds. The molecule has 0 aliphatic carbocycles. The number of likely N-dealkylation sites (tertiary alicyclic amines) is 1. The van der Waals surface area contributed by atoms with Crippen molar-refractivity contribution in [2.24, 2.45) is 0 Å². The number of benzene rings is 1. The highest BCUT2D eigenvalue weighted by Gasteiger charge is 2.23. The van der Waals surface area contributed by atoms with E-state index in [1.807, 2.05) is 0 Å². The zero-order valence-corrected chi connectivity index (χ0v) is 11.9. The van der Waals surface area contributed by atoms with Crippen LogP contribution in [-0.4, -0.2) is 48.3 Å². The van der Waals surface area contributed by atoms with Crippen molar-refractivity contribution < 1.29 is 14.0 Å². The molecular weight excluding hydrogens is 259 g/mol. The molecule has 0 spiro atoms. The van der Waals surface area contributed by atoms with Gasteiger partial charge in [0, 0.05) is 20.1 Å². The van der Waals surface area contributed by atoms with Crippen LogP contribution in [0.15, 0.2) is 18.2 Å². The van der Waals surface area contributed by atoms with E-state index in [1.54, 1.807) is 17.9 Å². The maximum absolute atomic E-state index is 13.8. The molecule has 1 aromatic rings. The van der Waals surface area contributed by atoms with Gasteiger partial charge in [0.15, 0.2) is 0 Å². The molecule has 0 aromatic heterocycles. The average molecular weight is 278 g/mol. The van der Waals surface area contributed by atoms with Gasteiger partial charge in [-0.2, -0.15) is 0 Å². The fourth-order valence-corrected chi connectivity index (χ4v) is 2.34. The summed E-state index contributed by atoms with van der Waals surface area (Å²) in [6.07, 6.45) is 2.02. The molecule has 1 fully saturated rings. The van der Waals surface area contributed by atoms with Gasteiger partial charge in [-0.3, -0.25) is 9.59 Å². The van der Waals surface area contributed by atoms with Gasteiger partial charge in [0.1, 0.15) is 5.82 Å². The molecule has 20 heavy (non-hydrogen) atoms. The van der Waals surface area contributed by atoms with Crippen molar-refractivity contribution in [1.82, 2.24) is 9.80 Å². The number of rotatable bonds is 3. The van der Waals surface area contributed by atoms with E-state index in [0.717, 1.165) is 31.5 Å². The first kappa shape index (κ1) is 14.5. The number of hydrogen-bond acceptors (Lipinski definition) is 2. The largest absolute Gasteiger partial charge is 0.341 e. The van der Waals surface area contributed by atoms with Crippen molar-refractivity contribution in [2.75, 3.05) is 26.7 Å². The van der Waals surface area contributed by atoms with E-state index in [0.29, 0.717) is 0 Å². The zero-order chi connectivity index (χ0) is 14.7. The molecule has 1 aromatic carbocycles. The number of amides is 2. The SMILES string of the molecule is Cc1ccc(C(=O)N(C)CC(=O)N2CCCC2)c(F)c1. The second-order valence-corrected chi connectivity index (χ2v) is 5.23. The Morgan fingerprint density at radius 1 is 1.30 bits per heavy atom. The third-order valence-corrected chi connectivity index (χ3v) is 3.53. The van der Waals surface area contributed by atoms with Crippen molar-refractivity contribution in [2.45, 2.75) is 19.8 Å². The zero-order valence-electron chi connectivity index (χ0n) is 11.9. The number of hydrogen-bond donors (Lipinski definition) is 0. The second kappa shape index (κ2) is 6.03. The van der Waals surface area contributed by atoms with Crippen LogP contribution in [0.25, 0.3) is 0 Å². The molecule has 0 unspecified atom stereocenters. The number of halogens is 1. The molecule has 1 heterocycles. The molecule has 4 nitrogen and oxygen atoms in total. The molecule has 0 atom stereocenters. The molecule has 0 saturated carbocycles. The van der Waals surface area contributed by atoms with E-state index in [1.165, 1.54) is 24.1 Å². The summed E-state index contributed by atoms with van der Waals surface area (Å²) in [5.74, 6) is -1.09. The van der Waals surface area contributed by atoms with E-state index in [-0.39, 0.29) is 18.0 Å². The van der Waals surface area contributed by atoms with Gasteiger partial charge >= 0.3 is 0 Å². The Morgan fingerprint density at radius 3 is 2.55 bits per heavy atom. The molecule has 1 aliphatic heterocycles. The maximum Gasteiger partial charge on any atom is 0.257 e. The second-order valence-electron chi connectivity index (χ2n) is 5.23. The van der Waals surface area contributed by atoms with E-state index in [9.17, 15) is 14.0 Å². The molecule has 1 aliphatic rings. The van der Waals surface area contributed by atoms with Crippen molar-refractivity contribution in [3.8, 4) is 0 Å². The maximum atomic E-state index is 13.8. The van der Waals surface area contributed by atoms with Gasteiger partial charge in [0.2, 0.25) is 5.91 Å². The lowest BCUT2D eigenvalue weighted by Crippen LogP contribution is -2.40. The van der Waals surface area contributed by atoms with E-state index >= 15 is 0 Å². The Hall–Kier alpha value is -1.91. The highest BCUT2D eigenvalue weighted by Crippen LogP contribution is 2.13. The molecular formula is C15H19FN2O2. The Labute approximate surface area is 118 Å². The van der Waals surface area contributed by atoms with E-state index in [2.05, 4.69) is 0 Å². The Bertz CT molecular complexity index is 525. The predicted octanol–water partition coefficient (Wildman–Crippen LogP) is 1.83. The summed E-state index contributed by atoms with van der Waals surface area (Å²) >= 11 is 0. The van der Waals surface area contributed by atoms with E-state index in [4.69, 9.17) is 0 Å². The van der Waals surface area contributed by atoms with Gasteiger partial charge in [-0.25, -0.2) is 4.39 Å². The normalized spacial score (nSPS) is 14.4. The number of carbonyl (C=O) groups excluding carboxylic acids is 2. The van der Waals surface area contributed by atoms with E-state index < -0.39 is 11.7 Å². The van der Waals surface area contributed by atoms with Crippen LogP contribution in [0.3, 0.4) is 0 Å². The lowest BCUT2D eigenvalue weighted by atomic mass is 10.1. The summed E-state index contributed by atoms with van der Waals surface area (Å²) in [5, 5.41) is 0. The first-order chi connectivity index (χ1) is 9.49. The lowest BCUT2D eigenvalue weighted by molar-refractivity contribution is -0.130. The van der Waals surface area contributed by atoms with Gasteiger partial charge < -0.3 is 9.80 Å². The number of nitrogens with zero attached hydrogens (tertiary/aromatic N) is 2. The van der Waals surface area contributed by atoms with Crippen LogP contribution in [0.2, 0.25) is 0 Å². The minimum absolute atomic E-state index is 0.00678. The Kier molecular flexibility index (Phi) is 4.37. The molecule has 0 N–H and O–H groups in total. The van der Waals surface area contributed by atoms with Gasteiger partial charge in [-0.15, -0.1) is 0 Å². The Balaban J connectivity index is 2.02. The predicted molar refractivity (Wildman–Crippen MR) is 73.9 cm³/mol. The van der Waals surface area contributed by atoms with Crippen LogP contribution < -0.4 is 0 Å². The average Bonchev–Trinajstić information content (AvgIpc) is 2.91. The highest BCUT2D eigenvalue weighted by atomic mass is 19.1. The highest BCUT2D eigenvalue weighted by molar-refractivity contribution is 5.96. The van der Waals surface area contributed by atoms with Crippen LogP contribution in [-0.2, 0) is 4.79 Å². The summed E-state index contributed by atoms with van der Waals surface area (Å²) in [7, 11) is 1.52. The smallest absolute Gasteiger partial charge is 0.257 e. The van der Waals surface area contributed by atoms with Crippen LogP contribution >= 0.6 is 0 Å². The fourth-order valence-electron chi connectivity index (χ4n) is 2.34. The summed E-state index contributed by atoms with van der Waals surface area (Å²) in [5.41, 5.74) is 0.766. The van der Waals surface area contributed by atoms with Gasteiger partial charge in [0.05, 0.1) is 12.1 Å². The fraction of sp³-hybridized carbons (Fsp3) is 0.467. The third kappa shape index (κ3) is 3.15. The summed E-state index contributed by atoms with van der Waals surface area (Å²) < 4.78 is 13.8. The molecule has 1 saturated heterocycles. The summed E-state index contributed by atoms with van der Waals surface area (Å²) in [6, 6.07) is 4.47. The minimum atomic E-state index is -0.546. The van der Waals surface area contributed by atoms with Gasteiger partial charge in [0.25, 0.3) is 5.91 Å². The summed E-state index contributed by atoms with van der Waals surface area (Å²) in [6.45, 7) is 3.25. The molecule has 0 radical (unpaired) electrons. The van der Waals surface area contributed by atoms with Crippen LogP contribution in [0.1, 0.15) is 28.8 Å². The minimum Gasteiger partial charge on any atom is -0.341 e. The standard InChI is InChI=1S/C15H19FN2O2/c1-11-5-6-12(13(16)9-11)15(20)17(2)10-14(19)18-7-3-4-8-18/h5-6,9H,3-4,7-8,10H2,1-2H3. The first-order valence-corrected chi connectivity index (χ1v) is 6.78. The van der Waals surface area contributed by atoms with Crippen LogP contribution in [0, 0.1) is 12.7 Å². The first-order valence-electron chi connectivity index (χ1n) is 6.78. The number of aryl methyl sites for hydroxylation is 1. The van der Waals surface area contributed by atoms with Crippen molar-refractivity contribution in [3.05, 3.63) is 35.1 Å². The van der Waals surface area contributed by atoms with Gasteiger partial charge in [-0.05, 0) is 37.5 Å². The van der Waals surface area contributed by atoms with Gasteiger partial charge in [-0.1, -0.05) is 6.07 Å². The summed E-state index contributed by atoms with van der Waals surface area (Å²) in [4.78, 5) is 27.1. The van der Waals surface area contributed by atoms with Crippen molar-refractivity contribution in [3.63, 3.8) is 0 Å².